The number of carbonyl (C=O) groups excluding carboxylic acids is 1. The fraction of sp³-hybridized carbons (Fsp3) is 0.154. The van der Waals surface area contributed by atoms with Gasteiger partial charge in [-0.1, -0.05) is 6.07 Å². The van der Waals surface area contributed by atoms with Gasteiger partial charge in [0.05, 0.1) is 18.4 Å². The van der Waals surface area contributed by atoms with Crippen LogP contribution in [0.3, 0.4) is 0 Å². The Morgan fingerprint density at radius 3 is 2.89 bits per heavy atom. The van der Waals surface area contributed by atoms with E-state index in [1.165, 1.54) is 6.07 Å². The molecule has 0 aliphatic rings. The molecule has 0 aliphatic heterocycles. The fourth-order valence-electron chi connectivity index (χ4n) is 1.43. The molecule has 0 saturated carbocycles. The Labute approximate surface area is 104 Å². The maximum atomic E-state index is 13.3. The molecule has 92 valence electrons. The summed E-state index contributed by atoms with van der Waals surface area (Å²) in [6.07, 6.45) is 4.67. The third-order valence-corrected chi connectivity index (χ3v) is 2.48. The van der Waals surface area contributed by atoms with Gasteiger partial charge < -0.3 is 5.32 Å². The molecule has 5 heteroatoms. The summed E-state index contributed by atoms with van der Waals surface area (Å²) in [5.74, 6) is -0.721. The van der Waals surface area contributed by atoms with Crippen LogP contribution in [-0.4, -0.2) is 15.9 Å². The highest BCUT2D eigenvalue weighted by Crippen LogP contribution is 2.09. The summed E-state index contributed by atoms with van der Waals surface area (Å²) in [6, 6.07) is 4.39. The first-order valence-electron chi connectivity index (χ1n) is 5.46. The second kappa shape index (κ2) is 5.35. The molecule has 0 fully saturated rings. The number of aromatic nitrogens is 2. The average molecular weight is 245 g/mol. The van der Waals surface area contributed by atoms with Crippen LogP contribution in [0.4, 0.5) is 4.39 Å². The summed E-state index contributed by atoms with van der Waals surface area (Å²) in [5.41, 5.74) is 1.46. The van der Waals surface area contributed by atoms with E-state index in [1.807, 2.05) is 0 Å². The molecule has 1 amide bonds. The van der Waals surface area contributed by atoms with E-state index in [9.17, 15) is 9.18 Å². The van der Waals surface area contributed by atoms with Gasteiger partial charge in [-0.3, -0.25) is 14.8 Å². The molecule has 0 radical (unpaired) electrons. The smallest absolute Gasteiger partial charge is 0.251 e. The monoisotopic (exact) mass is 245 g/mol. The molecule has 2 rings (SSSR count). The summed E-state index contributed by atoms with van der Waals surface area (Å²) in [6.45, 7) is 1.92. The molecule has 0 saturated heterocycles. The van der Waals surface area contributed by atoms with Gasteiger partial charge in [0.2, 0.25) is 0 Å². The number of nitrogens with zero attached hydrogens (tertiary/aromatic N) is 2. The molecule has 1 N–H and O–H groups in total. The van der Waals surface area contributed by atoms with E-state index in [4.69, 9.17) is 0 Å². The van der Waals surface area contributed by atoms with Crippen molar-refractivity contribution in [2.75, 3.05) is 0 Å². The zero-order chi connectivity index (χ0) is 13.0. The predicted octanol–water partition coefficient (Wildman–Crippen LogP) is 1.85. The maximum Gasteiger partial charge on any atom is 0.251 e. The molecule has 0 bridgehead atoms. The van der Waals surface area contributed by atoms with Crippen molar-refractivity contribution in [2.45, 2.75) is 13.5 Å². The van der Waals surface area contributed by atoms with Crippen LogP contribution in [-0.2, 0) is 6.54 Å². The number of hydrogen-bond acceptors (Lipinski definition) is 3. The first-order chi connectivity index (χ1) is 8.66. The second-order valence-electron chi connectivity index (χ2n) is 3.84. The number of aryl methyl sites for hydroxylation is 1. The van der Waals surface area contributed by atoms with Gasteiger partial charge in [-0.15, -0.1) is 0 Å². The number of benzene rings is 1. The molecule has 0 atom stereocenters. The zero-order valence-corrected chi connectivity index (χ0v) is 9.85. The number of amides is 1. The minimum atomic E-state index is -0.387. The number of rotatable bonds is 3. The van der Waals surface area contributed by atoms with Crippen LogP contribution >= 0.6 is 0 Å². The number of halogens is 1. The van der Waals surface area contributed by atoms with Crippen LogP contribution in [0.5, 0.6) is 0 Å². The number of nitrogens with one attached hydrogen (secondary N) is 1. The Morgan fingerprint density at radius 1 is 1.39 bits per heavy atom. The van der Waals surface area contributed by atoms with Crippen molar-refractivity contribution in [1.29, 1.82) is 0 Å². The number of hydrogen-bond donors (Lipinski definition) is 1. The fourth-order valence-corrected chi connectivity index (χ4v) is 1.43. The van der Waals surface area contributed by atoms with Crippen molar-refractivity contribution in [3.63, 3.8) is 0 Å². The lowest BCUT2D eigenvalue weighted by atomic mass is 10.1. The van der Waals surface area contributed by atoms with E-state index in [2.05, 4.69) is 15.3 Å². The van der Waals surface area contributed by atoms with Crippen molar-refractivity contribution in [3.8, 4) is 0 Å². The molecule has 0 aliphatic carbocycles. The standard InChI is InChI=1S/C13H12FN3O/c1-9-2-3-10(6-12(9)14)13(18)17-8-11-7-15-4-5-16-11/h2-7H,8H2,1H3,(H,17,18). The Bertz CT molecular complexity index is 557. The Kier molecular flexibility index (Phi) is 3.62. The van der Waals surface area contributed by atoms with Crippen molar-refractivity contribution >= 4 is 5.91 Å². The van der Waals surface area contributed by atoms with E-state index in [1.54, 1.807) is 37.6 Å². The third kappa shape index (κ3) is 2.88. The van der Waals surface area contributed by atoms with Crippen LogP contribution in [0.1, 0.15) is 21.6 Å². The van der Waals surface area contributed by atoms with E-state index < -0.39 is 0 Å². The molecule has 1 aromatic heterocycles. The van der Waals surface area contributed by atoms with Crippen LogP contribution in [0.25, 0.3) is 0 Å². The molecular formula is C13H12FN3O. The van der Waals surface area contributed by atoms with Crippen molar-refractivity contribution in [1.82, 2.24) is 15.3 Å². The summed E-state index contributed by atoms with van der Waals surface area (Å²) in [7, 11) is 0. The Morgan fingerprint density at radius 2 is 2.22 bits per heavy atom. The summed E-state index contributed by atoms with van der Waals surface area (Å²) >= 11 is 0. The van der Waals surface area contributed by atoms with Gasteiger partial charge in [0, 0.05) is 18.0 Å². The molecule has 1 heterocycles. The maximum absolute atomic E-state index is 13.3. The highest BCUT2D eigenvalue weighted by Gasteiger charge is 2.07. The van der Waals surface area contributed by atoms with Crippen LogP contribution in [0.2, 0.25) is 0 Å². The quantitative estimate of drug-likeness (QED) is 0.897. The molecule has 0 unspecified atom stereocenters. The molecule has 1 aromatic carbocycles. The van der Waals surface area contributed by atoms with Crippen LogP contribution in [0, 0.1) is 12.7 Å². The first-order valence-corrected chi connectivity index (χ1v) is 5.46. The topological polar surface area (TPSA) is 54.9 Å². The van der Waals surface area contributed by atoms with Gasteiger partial charge >= 0.3 is 0 Å². The van der Waals surface area contributed by atoms with Crippen LogP contribution < -0.4 is 5.32 Å². The first kappa shape index (κ1) is 12.2. The Hall–Kier alpha value is -2.30. The normalized spacial score (nSPS) is 10.1. The highest BCUT2D eigenvalue weighted by molar-refractivity contribution is 5.94. The molecule has 18 heavy (non-hydrogen) atoms. The van der Waals surface area contributed by atoms with E-state index in [-0.39, 0.29) is 18.3 Å². The van der Waals surface area contributed by atoms with Gasteiger partial charge in [0.25, 0.3) is 5.91 Å². The lowest BCUT2D eigenvalue weighted by Crippen LogP contribution is -2.23. The van der Waals surface area contributed by atoms with E-state index >= 15 is 0 Å². The summed E-state index contributed by atoms with van der Waals surface area (Å²) in [4.78, 5) is 19.7. The van der Waals surface area contributed by atoms with Gasteiger partial charge in [0.1, 0.15) is 5.82 Å². The van der Waals surface area contributed by atoms with E-state index in [0.717, 1.165) is 0 Å². The minimum Gasteiger partial charge on any atom is -0.346 e. The Balaban J connectivity index is 2.02. The summed E-state index contributed by atoms with van der Waals surface area (Å²) < 4.78 is 13.3. The average Bonchev–Trinajstić information content (AvgIpc) is 2.40. The van der Waals surface area contributed by atoms with Crippen molar-refractivity contribution in [2.24, 2.45) is 0 Å². The van der Waals surface area contributed by atoms with Crippen molar-refractivity contribution in [3.05, 3.63) is 59.4 Å². The van der Waals surface area contributed by atoms with Gasteiger partial charge in [-0.2, -0.15) is 0 Å². The zero-order valence-electron chi connectivity index (χ0n) is 9.85. The lowest BCUT2D eigenvalue weighted by Gasteiger charge is -2.05. The second-order valence-corrected chi connectivity index (χ2v) is 3.84. The molecular weight excluding hydrogens is 233 g/mol. The molecule has 0 spiro atoms. The van der Waals surface area contributed by atoms with E-state index in [0.29, 0.717) is 16.8 Å². The third-order valence-electron chi connectivity index (χ3n) is 2.48. The predicted molar refractivity (Wildman–Crippen MR) is 64.3 cm³/mol. The molecule has 2 aromatic rings. The minimum absolute atomic E-state index is 0.266. The lowest BCUT2D eigenvalue weighted by molar-refractivity contribution is 0.0950. The molecule has 4 nitrogen and oxygen atoms in total. The van der Waals surface area contributed by atoms with Gasteiger partial charge in [-0.05, 0) is 24.6 Å². The van der Waals surface area contributed by atoms with Crippen molar-refractivity contribution < 1.29 is 9.18 Å². The SMILES string of the molecule is Cc1ccc(C(=O)NCc2cnccn2)cc1F. The van der Waals surface area contributed by atoms with Crippen LogP contribution in [0.15, 0.2) is 36.8 Å². The van der Waals surface area contributed by atoms with Gasteiger partial charge in [0.15, 0.2) is 0 Å². The summed E-state index contributed by atoms with van der Waals surface area (Å²) in [5, 5.41) is 2.65. The largest absolute Gasteiger partial charge is 0.346 e. The van der Waals surface area contributed by atoms with Gasteiger partial charge in [-0.25, -0.2) is 4.39 Å². The highest BCUT2D eigenvalue weighted by atomic mass is 19.1. The number of carbonyl (C=O) groups is 1.